The van der Waals surface area contributed by atoms with E-state index in [0.717, 1.165) is 43.8 Å². The molecular formula is C28H22N2OS. The minimum Gasteiger partial charge on any atom is -0.454 e. The van der Waals surface area contributed by atoms with Gasteiger partial charge in [-0.25, -0.2) is 4.98 Å². The van der Waals surface area contributed by atoms with E-state index in [1.165, 1.54) is 16.3 Å². The van der Waals surface area contributed by atoms with Crippen molar-refractivity contribution in [3.05, 3.63) is 84.0 Å². The molecule has 0 saturated heterocycles. The zero-order valence-corrected chi connectivity index (χ0v) is 19.0. The second-order valence-corrected chi connectivity index (χ2v) is 10.1. The number of pyridine rings is 2. The van der Waals surface area contributed by atoms with E-state index in [1.807, 2.05) is 18.5 Å². The van der Waals surface area contributed by atoms with Gasteiger partial charge in [-0.1, -0.05) is 45.0 Å². The van der Waals surface area contributed by atoms with Crippen molar-refractivity contribution in [3.63, 3.8) is 0 Å². The van der Waals surface area contributed by atoms with Gasteiger partial charge in [0.2, 0.25) is 0 Å². The third kappa shape index (κ3) is 3.10. The Morgan fingerprint density at radius 3 is 2.53 bits per heavy atom. The molecule has 6 rings (SSSR count). The van der Waals surface area contributed by atoms with Crippen LogP contribution in [0.5, 0.6) is 0 Å². The van der Waals surface area contributed by atoms with E-state index in [2.05, 4.69) is 85.7 Å². The normalized spacial score (nSPS) is 12.2. The molecule has 0 atom stereocenters. The smallest absolute Gasteiger partial charge is 0.161 e. The summed E-state index contributed by atoms with van der Waals surface area (Å²) >= 11 is 1.65. The van der Waals surface area contributed by atoms with Crippen molar-refractivity contribution in [1.29, 1.82) is 0 Å². The standard InChI is InChI=1S/C28H22N2OS/c1-28(2,3)23-14-20(12-17-6-4-5-7-22(17)23)25-26-18(8-10-29-25)15-24(31-26)21-13-19-9-11-32-27(19)30-16-21/h4-16H,1-3H3. The molecule has 0 fully saturated rings. The van der Waals surface area contributed by atoms with E-state index in [1.54, 1.807) is 11.3 Å². The summed E-state index contributed by atoms with van der Waals surface area (Å²) in [6.07, 6.45) is 3.75. The van der Waals surface area contributed by atoms with Gasteiger partial charge in [-0.2, -0.15) is 0 Å². The average molecular weight is 435 g/mol. The van der Waals surface area contributed by atoms with Gasteiger partial charge in [0.25, 0.3) is 0 Å². The maximum absolute atomic E-state index is 6.40. The summed E-state index contributed by atoms with van der Waals surface area (Å²) in [6, 6.07) is 21.4. The molecule has 0 radical (unpaired) electrons. The molecule has 0 aliphatic carbocycles. The third-order valence-electron chi connectivity index (χ3n) is 5.97. The van der Waals surface area contributed by atoms with Crippen LogP contribution in [0.2, 0.25) is 0 Å². The Balaban J connectivity index is 1.56. The topological polar surface area (TPSA) is 38.9 Å². The average Bonchev–Trinajstić information content (AvgIpc) is 3.43. The van der Waals surface area contributed by atoms with Gasteiger partial charge >= 0.3 is 0 Å². The molecule has 2 aromatic carbocycles. The van der Waals surface area contributed by atoms with Crippen LogP contribution >= 0.6 is 11.3 Å². The molecule has 32 heavy (non-hydrogen) atoms. The molecular weight excluding hydrogens is 412 g/mol. The predicted octanol–water partition coefficient (Wildman–Crippen LogP) is 8.22. The van der Waals surface area contributed by atoms with E-state index < -0.39 is 0 Å². The number of rotatable bonds is 2. The van der Waals surface area contributed by atoms with Gasteiger partial charge in [0, 0.05) is 34.3 Å². The van der Waals surface area contributed by atoms with Gasteiger partial charge < -0.3 is 4.42 Å². The summed E-state index contributed by atoms with van der Waals surface area (Å²) in [4.78, 5) is 10.4. The van der Waals surface area contributed by atoms with E-state index in [0.29, 0.717) is 0 Å². The molecule has 6 aromatic rings. The van der Waals surface area contributed by atoms with Crippen LogP contribution in [0, 0.1) is 0 Å². The second-order valence-electron chi connectivity index (χ2n) is 9.22. The summed E-state index contributed by atoms with van der Waals surface area (Å²) in [5.74, 6) is 0.812. The first kappa shape index (κ1) is 19.2. The summed E-state index contributed by atoms with van der Waals surface area (Å²) in [7, 11) is 0. The molecule has 4 heteroatoms. The van der Waals surface area contributed by atoms with Crippen molar-refractivity contribution < 1.29 is 4.42 Å². The van der Waals surface area contributed by atoms with Crippen LogP contribution in [0.1, 0.15) is 26.3 Å². The Bertz CT molecular complexity index is 1620. The third-order valence-corrected chi connectivity index (χ3v) is 6.80. The molecule has 4 aromatic heterocycles. The lowest BCUT2D eigenvalue weighted by Crippen LogP contribution is -2.12. The summed E-state index contributed by atoms with van der Waals surface area (Å²) in [5, 5.41) is 6.74. The Kier molecular flexibility index (Phi) is 4.21. The van der Waals surface area contributed by atoms with Crippen molar-refractivity contribution in [1.82, 2.24) is 9.97 Å². The van der Waals surface area contributed by atoms with E-state index in [-0.39, 0.29) is 5.41 Å². The Labute approximate surface area is 190 Å². The van der Waals surface area contributed by atoms with Crippen LogP contribution in [-0.2, 0) is 5.41 Å². The van der Waals surface area contributed by atoms with Crippen LogP contribution in [0.4, 0.5) is 0 Å². The maximum atomic E-state index is 6.40. The monoisotopic (exact) mass is 434 g/mol. The Hall–Kier alpha value is -3.50. The minimum atomic E-state index is 0.0133. The molecule has 0 aliphatic rings. The zero-order valence-electron chi connectivity index (χ0n) is 18.2. The van der Waals surface area contributed by atoms with Crippen molar-refractivity contribution in [2.24, 2.45) is 0 Å². The van der Waals surface area contributed by atoms with Crippen LogP contribution in [0.3, 0.4) is 0 Å². The molecule has 0 amide bonds. The fourth-order valence-corrected chi connectivity index (χ4v) is 5.09. The molecule has 0 saturated carbocycles. The highest BCUT2D eigenvalue weighted by atomic mass is 32.1. The lowest BCUT2D eigenvalue weighted by atomic mass is 9.82. The van der Waals surface area contributed by atoms with E-state index >= 15 is 0 Å². The fraction of sp³-hybridized carbons (Fsp3) is 0.143. The summed E-state index contributed by atoms with van der Waals surface area (Å²) in [6.45, 7) is 6.77. The van der Waals surface area contributed by atoms with Crippen LogP contribution < -0.4 is 0 Å². The lowest BCUT2D eigenvalue weighted by Gasteiger charge is -2.22. The van der Waals surface area contributed by atoms with Crippen LogP contribution in [0.25, 0.3) is 54.5 Å². The highest BCUT2D eigenvalue weighted by Gasteiger charge is 2.20. The van der Waals surface area contributed by atoms with Crippen molar-refractivity contribution >= 4 is 43.3 Å². The van der Waals surface area contributed by atoms with Gasteiger partial charge in [-0.3, -0.25) is 4.98 Å². The first-order valence-electron chi connectivity index (χ1n) is 10.7. The molecule has 0 aliphatic heterocycles. The molecule has 0 spiro atoms. The SMILES string of the molecule is CC(C)(C)c1cc(-c2nccc3cc(-c4cnc5sccc5c4)oc23)cc2ccccc12. The van der Waals surface area contributed by atoms with Crippen LogP contribution in [0.15, 0.2) is 82.9 Å². The van der Waals surface area contributed by atoms with Crippen molar-refractivity contribution in [2.75, 3.05) is 0 Å². The highest BCUT2D eigenvalue weighted by Crippen LogP contribution is 2.38. The number of thiophene rings is 1. The molecule has 0 N–H and O–H groups in total. The molecule has 4 heterocycles. The quantitative estimate of drug-likeness (QED) is 0.275. The number of nitrogens with zero attached hydrogens (tertiary/aromatic N) is 2. The lowest BCUT2D eigenvalue weighted by molar-refractivity contribution is 0.596. The number of aromatic nitrogens is 2. The molecule has 0 bridgehead atoms. The highest BCUT2D eigenvalue weighted by molar-refractivity contribution is 7.16. The zero-order chi connectivity index (χ0) is 21.9. The summed E-state index contributed by atoms with van der Waals surface area (Å²) in [5.41, 5.74) is 5.05. The van der Waals surface area contributed by atoms with E-state index in [4.69, 9.17) is 9.40 Å². The second kappa shape index (κ2) is 7.01. The summed E-state index contributed by atoms with van der Waals surface area (Å²) < 4.78 is 6.40. The van der Waals surface area contributed by atoms with Gasteiger partial charge in [-0.15, -0.1) is 11.3 Å². The fourth-order valence-electron chi connectivity index (χ4n) is 4.37. The number of fused-ring (bicyclic) bond motifs is 3. The molecule has 156 valence electrons. The molecule has 0 unspecified atom stereocenters. The number of hydrogen-bond donors (Lipinski definition) is 0. The Morgan fingerprint density at radius 1 is 0.812 bits per heavy atom. The first-order valence-corrected chi connectivity index (χ1v) is 11.6. The van der Waals surface area contributed by atoms with Gasteiger partial charge in [0.05, 0.1) is 0 Å². The van der Waals surface area contributed by atoms with Crippen LogP contribution in [-0.4, -0.2) is 9.97 Å². The number of hydrogen-bond acceptors (Lipinski definition) is 4. The van der Waals surface area contributed by atoms with Gasteiger partial charge in [-0.05, 0) is 63.5 Å². The van der Waals surface area contributed by atoms with E-state index in [9.17, 15) is 0 Å². The first-order chi connectivity index (χ1) is 15.5. The Morgan fingerprint density at radius 2 is 1.66 bits per heavy atom. The number of furan rings is 1. The van der Waals surface area contributed by atoms with Gasteiger partial charge in [0.1, 0.15) is 16.3 Å². The largest absolute Gasteiger partial charge is 0.454 e. The molecule has 3 nitrogen and oxygen atoms in total. The van der Waals surface area contributed by atoms with Gasteiger partial charge in [0.15, 0.2) is 5.58 Å². The predicted molar refractivity (Wildman–Crippen MR) is 134 cm³/mol. The van der Waals surface area contributed by atoms with Crippen molar-refractivity contribution in [2.45, 2.75) is 26.2 Å². The minimum absolute atomic E-state index is 0.0133. The van der Waals surface area contributed by atoms with Crippen molar-refractivity contribution in [3.8, 4) is 22.6 Å². The number of benzene rings is 2. The maximum Gasteiger partial charge on any atom is 0.161 e.